The maximum Gasteiger partial charge on any atom is 0.241 e. The largest absolute Gasteiger partial charge is 0.399 e. The number of hydrogen-bond donors (Lipinski definition) is 1. The summed E-state index contributed by atoms with van der Waals surface area (Å²) < 4.78 is 0. The highest BCUT2D eigenvalue weighted by Crippen LogP contribution is 2.13. The van der Waals surface area contributed by atoms with Crippen molar-refractivity contribution >= 4 is 17.5 Å². The number of carbonyl (C=O) groups excluding carboxylic acids is 2. The molecule has 0 unspecified atom stereocenters. The Labute approximate surface area is 126 Å². The molecule has 1 rings (SSSR count). The van der Waals surface area contributed by atoms with Crippen LogP contribution in [0.4, 0.5) is 5.69 Å². The molecule has 21 heavy (non-hydrogen) atoms. The van der Waals surface area contributed by atoms with Crippen molar-refractivity contribution in [1.29, 1.82) is 0 Å². The van der Waals surface area contributed by atoms with Crippen LogP contribution >= 0.6 is 0 Å². The van der Waals surface area contributed by atoms with E-state index in [-0.39, 0.29) is 18.4 Å². The predicted molar refractivity (Wildman–Crippen MR) is 84.7 cm³/mol. The molecular weight excluding hydrogens is 266 g/mol. The second kappa shape index (κ2) is 8.29. The summed E-state index contributed by atoms with van der Waals surface area (Å²) >= 11 is 0. The first-order valence-electron chi connectivity index (χ1n) is 7.27. The Morgan fingerprint density at radius 2 is 1.81 bits per heavy atom. The van der Waals surface area contributed by atoms with Crippen molar-refractivity contribution in [3.05, 3.63) is 29.8 Å². The molecule has 0 aliphatic rings. The van der Waals surface area contributed by atoms with Gasteiger partial charge >= 0.3 is 0 Å². The highest BCUT2D eigenvalue weighted by atomic mass is 16.2. The Hall–Kier alpha value is -2.04. The van der Waals surface area contributed by atoms with E-state index in [0.717, 1.165) is 12.0 Å². The highest BCUT2D eigenvalue weighted by molar-refractivity contribution is 5.84. The molecule has 5 heteroatoms. The van der Waals surface area contributed by atoms with E-state index in [0.29, 0.717) is 25.1 Å². The lowest BCUT2D eigenvalue weighted by atomic mass is 10.1. The summed E-state index contributed by atoms with van der Waals surface area (Å²) in [4.78, 5) is 27.2. The number of carbonyl (C=O) groups is 2. The van der Waals surface area contributed by atoms with Crippen molar-refractivity contribution in [1.82, 2.24) is 9.80 Å². The molecule has 0 heterocycles. The number of likely N-dealkylation sites (N-methyl/N-ethyl adjacent to an activating group) is 1. The van der Waals surface area contributed by atoms with Crippen LogP contribution in [0.3, 0.4) is 0 Å². The first kappa shape index (κ1) is 17.0. The number of nitrogen functional groups attached to an aromatic ring is 1. The molecule has 2 amide bonds. The van der Waals surface area contributed by atoms with E-state index in [1.807, 2.05) is 31.2 Å². The van der Waals surface area contributed by atoms with Crippen molar-refractivity contribution < 1.29 is 9.59 Å². The van der Waals surface area contributed by atoms with Crippen LogP contribution in [0.2, 0.25) is 0 Å². The molecule has 0 saturated heterocycles. The molecule has 0 saturated carbocycles. The van der Waals surface area contributed by atoms with Gasteiger partial charge in [0.1, 0.15) is 0 Å². The minimum absolute atomic E-state index is 0.00435. The zero-order valence-electron chi connectivity index (χ0n) is 13.1. The van der Waals surface area contributed by atoms with Gasteiger partial charge in [0.2, 0.25) is 11.8 Å². The van der Waals surface area contributed by atoms with Crippen molar-refractivity contribution in [3.8, 4) is 0 Å². The minimum atomic E-state index is -0.0592. The van der Waals surface area contributed by atoms with Gasteiger partial charge in [-0.1, -0.05) is 25.1 Å². The molecule has 0 aliphatic carbocycles. The number of nitrogens with zero attached hydrogens (tertiary/aromatic N) is 2. The van der Waals surface area contributed by atoms with Gasteiger partial charge in [-0.25, -0.2) is 0 Å². The summed E-state index contributed by atoms with van der Waals surface area (Å²) in [5, 5.41) is 0. The van der Waals surface area contributed by atoms with E-state index in [1.165, 1.54) is 4.90 Å². The Bertz CT molecular complexity index is 486. The normalized spacial score (nSPS) is 10.2. The Balaban J connectivity index is 2.61. The Morgan fingerprint density at radius 1 is 1.14 bits per heavy atom. The lowest BCUT2D eigenvalue weighted by molar-refractivity contribution is -0.139. The van der Waals surface area contributed by atoms with Gasteiger partial charge in [-0.15, -0.1) is 0 Å². The zero-order chi connectivity index (χ0) is 15.8. The predicted octanol–water partition coefficient (Wildman–Crippen LogP) is 1.53. The first-order chi connectivity index (χ1) is 9.95. The molecular formula is C16H25N3O2. The Morgan fingerprint density at radius 3 is 2.38 bits per heavy atom. The second-order valence-electron chi connectivity index (χ2n) is 5.30. The van der Waals surface area contributed by atoms with Crippen molar-refractivity contribution in [2.75, 3.05) is 32.9 Å². The van der Waals surface area contributed by atoms with E-state index in [1.54, 1.807) is 19.0 Å². The van der Waals surface area contributed by atoms with E-state index in [4.69, 9.17) is 5.73 Å². The van der Waals surface area contributed by atoms with Crippen LogP contribution in [0.5, 0.6) is 0 Å². The standard InChI is InChI=1S/C16H25N3O2/c1-4-11-19(12-16(21)18(2)3)15(20)10-9-13-7-5-6-8-14(13)17/h5-8H,4,9-12,17H2,1-3H3. The van der Waals surface area contributed by atoms with Crippen LogP contribution < -0.4 is 5.73 Å². The van der Waals surface area contributed by atoms with E-state index in [9.17, 15) is 9.59 Å². The number of anilines is 1. The number of amides is 2. The van der Waals surface area contributed by atoms with Crippen LogP contribution in [-0.2, 0) is 16.0 Å². The fourth-order valence-electron chi connectivity index (χ4n) is 2.03. The molecule has 0 aliphatic heterocycles. The number of para-hydroxylation sites is 1. The summed E-state index contributed by atoms with van der Waals surface area (Å²) in [6, 6.07) is 7.55. The molecule has 0 spiro atoms. The summed E-state index contributed by atoms with van der Waals surface area (Å²) in [7, 11) is 3.39. The third kappa shape index (κ3) is 5.45. The average Bonchev–Trinajstić information content (AvgIpc) is 2.45. The van der Waals surface area contributed by atoms with Crippen LogP contribution in [-0.4, -0.2) is 48.8 Å². The van der Waals surface area contributed by atoms with Gasteiger partial charge in [-0.2, -0.15) is 0 Å². The molecule has 0 fully saturated rings. The van der Waals surface area contributed by atoms with Crippen molar-refractivity contribution in [2.45, 2.75) is 26.2 Å². The van der Waals surface area contributed by atoms with Crippen LogP contribution in [0.25, 0.3) is 0 Å². The average molecular weight is 291 g/mol. The molecule has 1 aromatic carbocycles. The summed E-state index contributed by atoms with van der Waals surface area (Å²) in [6.45, 7) is 2.74. The van der Waals surface area contributed by atoms with Gasteiger partial charge < -0.3 is 15.5 Å². The third-order valence-corrected chi connectivity index (χ3v) is 3.33. The monoisotopic (exact) mass is 291 g/mol. The molecule has 5 nitrogen and oxygen atoms in total. The smallest absolute Gasteiger partial charge is 0.241 e. The van der Waals surface area contributed by atoms with E-state index in [2.05, 4.69) is 0 Å². The van der Waals surface area contributed by atoms with Crippen LogP contribution in [0.1, 0.15) is 25.3 Å². The summed E-state index contributed by atoms with van der Waals surface area (Å²) in [5.74, 6) is -0.0636. The molecule has 0 atom stereocenters. The lowest BCUT2D eigenvalue weighted by Gasteiger charge is -2.23. The fraction of sp³-hybridized carbons (Fsp3) is 0.500. The number of aryl methyl sites for hydroxylation is 1. The van der Waals surface area contributed by atoms with Gasteiger partial charge in [0.15, 0.2) is 0 Å². The lowest BCUT2D eigenvalue weighted by Crippen LogP contribution is -2.40. The second-order valence-corrected chi connectivity index (χ2v) is 5.30. The third-order valence-electron chi connectivity index (χ3n) is 3.33. The van der Waals surface area contributed by atoms with Gasteiger partial charge in [0, 0.05) is 32.7 Å². The van der Waals surface area contributed by atoms with Gasteiger partial charge in [0.05, 0.1) is 6.54 Å². The summed E-state index contributed by atoms with van der Waals surface area (Å²) in [6.07, 6.45) is 1.80. The zero-order valence-corrected chi connectivity index (χ0v) is 13.1. The van der Waals surface area contributed by atoms with Crippen molar-refractivity contribution in [2.24, 2.45) is 0 Å². The molecule has 2 N–H and O–H groups in total. The van der Waals surface area contributed by atoms with E-state index < -0.39 is 0 Å². The number of rotatable bonds is 7. The minimum Gasteiger partial charge on any atom is -0.399 e. The topological polar surface area (TPSA) is 66.6 Å². The summed E-state index contributed by atoms with van der Waals surface area (Å²) in [5.41, 5.74) is 7.55. The molecule has 0 bridgehead atoms. The highest BCUT2D eigenvalue weighted by Gasteiger charge is 2.17. The molecule has 0 radical (unpaired) electrons. The Kier molecular flexibility index (Phi) is 6.72. The maximum atomic E-state index is 12.3. The van der Waals surface area contributed by atoms with Crippen molar-refractivity contribution in [3.63, 3.8) is 0 Å². The SMILES string of the molecule is CCCN(CC(=O)N(C)C)C(=O)CCc1ccccc1N. The van der Waals surface area contributed by atoms with Gasteiger partial charge in [-0.3, -0.25) is 9.59 Å². The number of nitrogens with two attached hydrogens (primary N) is 1. The first-order valence-corrected chi connectivity index (χ1v) is 7.27. The van der Waals surface area contributed by atoms with Crippen LogP contribution in [0.15, 0.2) is 24.3 Å². The maximum absolute atomic E-state index is 12.3. The number of benzene rings is 1. The molecule has 0 aromatic heterocycles. The van der Waals surface area contributed by atoms with E-state index >= 15 is 0 Å². The van der Waals surface area contributed by atoms with Gasteiger partial charge in [-0.05, 0) is 24.5 Å². The van der Waals surface area contributed by atoms with Crippen LogP contribution in [0, 0.1) is 0 Å². The quantitative estimate of drug-likeness (QED) is 0.775. The van der Waals surface area contributed by atoms with Gasteiger partial charge in [0.25, 0.3) is 0 Å². The number of hydrogen-bond acceptors (Lipinski definition) is 3. The molecule has 1 aromatic rings. The molecule has 116 valence electrons. The fourth-order valence-corrected chi connectivity index (χ4v) is 2.03.